The molecule has 3 heterocycles. The van der Waals surface area contributed by atoms with Gasteiger partial charge >= 0.3 is 0 Å². The molecule has 5 rings (SSSR count). The van der Waals surface area contributed by atoms with E-state index in [0.717, 1.165) is 95.4 Å². The molecule has 1 fully saturated rings. The number of nitrogens with one attached hydrogen (secondary N) is 1. The highest BCUT2D eigenvalue weighted by Crippen LogP contribution is 2.40. The van der Waals surface area contributed by atoms with E-state index in [2.05, 4.69) is 35.0 Å². The van der Waals surface area contributed by atoms with Crippen molar-refractivity contribution >= 4 is 5.91 Å². The molecule has 1 amide bonds. The number of ether oxygens (including phenoxy) is 2. The first kappa shape index (κ1) is 28.7. The van der Waals surface area contributed by atoms with Gasteiger partial charge < -0.3 is 24.6 Å². The Morgan fingerprint density at radius 3 is 2.54 bits per heavy atom. The van der Waals surface area contributed by atoms with Crippen LogP contribution in [0.1, 0.15) is 85.0 Å². The summed E-state index contributed by atoms with van der Waals surface area (Å²) >= 11 is 0. The molecule has 39 heavy (non-hydrogen) atoms. The Hall–Kier alpha value is -1.86. The Labute approximate surface area is 235 Å². The lowest BCUT2D eigenvalue weighted by molar-refractivity contribution is -0.131. The average Bonchev–Trinajstić information content (AvgIpc) is 2.95. The van der Waals surface area contributed by atoms with E-state index < -0.39 is 6.17 Å². The summed E-state index contributed by atoms with van der Waals surface area (Å²) in [6.07, 6.45) is 10.3. The molecule has 0 spiro atoms. The maximum Gasteiger partial charge on any atom is 0.251 e. The SMILES string of the molecule is CCOC1=C(C2=CC[C@H](F)CC2)[C@@H](OCC)C[C@@H](CN2CCC(N3CCC4=C(CC(CC)CN4)C3=O)CC2)C1. The van der Waals surface area contributed by atoms with Gasteiger partial charge in [-0.2, -0.15) is 0 Å². The van der Waals surface area contributed by atoms with Crippen molar-refractivity contribution in [1.29, 1.82) is 0 Å². The van der Waals surface area contributed by atoms with Crippen LogP contribution in [0.25, 0.3) is 0 Å². The molecule has 5 aliphatic rings. The molecule has 0 aromatic rings. The van der Waals surface area contributed by atoms with Crippen LogP contribution in [0, 0.1) is 11.8 Å². The highest BCUT2D eigenvalue weighted by atomic mass is 19.1. The van der Waals surface area contributed by atoms with Crippen LogP contribution >= 0.6 is 0 Å². The number of carbonyl (C=O) groups is 1. The third-order valence-electron chi connectivity index (χ3n) is 9.70. The first-order chi connectivity index (χ1) is 19.0. The van der Waals surface area contributed by atoms with Gasteiger partial charge in [0.15, 0.2) is 0 Å². The van der Waals surface area contributed by atoms with Crippen molar-refractivity contribution in [2.45, 2.75) is 103 Å². The highest BCUT2D eigenvalue weighted by Gasteiger charge is 2.38. The Bertz CT molecular complexity index is 968. The lowest BCUT2D eigenvalue weighted by atomic mass is 9.79. The van der Waals surface area contributed by atoms with Gasteiger partial charge in [0.2, 0.25) is 0 Å². The molecular weight excluding hydrogens is 493 g/mol. The van der Waals surface area contributed by atoms with Crippen LogP contribution in [0.2, 0.25) is 0 Å². The molecule has 218 valence electrons. The highest BCUT2D eigenvalue weighted by molar-refractivity contribution is 5.95. The fourth-order valence-corrected chi connectivity index (χ4v) is 7.53. The monoisotopic (exact) mass is 543 g/mol. The molecule has 0 aromatic heterocycles. The normalized spacial score (nSPS) is 31.2. The van der Waals surface area contributed by atoms with Gasteiger partial charge in [0.05, 0.1) is 12.7 Å². The lowest BCUT2D eigenvalue weighted by Crippen LogP contribution is -2.52. The van der Waals surface area contributed by atoms with Crippen LogP contribution in [-0.4, -0.2) is 80.0 Å². The minimum absolute atomic E-state index is 0.0275. The molecule has 1 unspecified atom stereocenters. The smallest absolute Gasteiger partial charge is 0.251 e. The van der Waals surface area contributed by atoms with Crippen LogP contribution < -0.4 is 5.32 Å². The first-order valence-electron chi connectivity index (χ1n) is 15.8. The molecule has 1 N–H and O–H groups in total. The number of allylic oxidation sites excluding steroid dienone is 2. The molecular formula is C32H50FN3O3. The Morgan fingerprint density at radius 2 is 1.85 bits per heavy atom. The van der Waals surface area contributed by atoms with E-state index in [1.165, 1.54) is 16.8 Å². The van der Waals surface area contributed by atoms with E-state index in [9.17, 15) is 9.18 Å². The molecule has 4 atom stereocenters. The zero-order valence-electron chi connectivity index (χ0n) is 24.5. The van der Waals surface area contributed by atoms with E-state index in [-0.39, 0.29) is 6.10 Å². The van der Waals surface area contributed by atoms with Crippen molar-refractivity contribution in [3.8, 4) is 0 Å². The van der Waals surface area contributed by atoms with E-state index >= 15 is 0 Å². The number of piperidine rings is 1. The molecule has 0 saturated carbocycles. The fraction of sp³-hybridized carbons (Fsp3) is 0.781. The van der Waals surface area contributed by atoms with E-state index in [4.69, 9.17) is 9.47 Å². The van der Waals surface area contributed by atoms with Crippen molar-refractivity contribution in [1.82, 2.24) is 15.1 Å². The first-order valence-corrected chi connectivity index (χ1v) is 15.8. The van der Waals surface area contributed by atoms with E-state index in [1.54, 1.807) is 0 Å². The maximum absolute atomic E-state index is 13.9. The number of rotatable bonds is 9. The lowest BCUT2D eigenvalue weighted by Gasteiger charge is -2.44. The molecule has 2 aliphatic carbocycles. The molecule has 3 aliphatic heterocycles. The summed E-state index contributed by atoms with van der Waals surface area (Å²) in [7, 11) is 0. The summed E-state index contributed by atoms with van der Waals surface area (Å²) in [6.45, 7) is 12.6. The average molecular weight is 544 g/mol. The number of amides is 1. The van der Waals surface area contributed by atoms with Crippen LogP contribution in [0.4, 0.5) is 4.39 Å². The molecule has 6 nitrogen and oxygen atoms in total. The number of nitrogens with zero attached hydrogens (tertiary/aromatic N) is 2. The predicted molar refractivity (Wildman–Crippen MR) is 153 cm³/mol. The number of hydrogen-bond acceptors (Lipinski definition) is 5. The zero-order chi connectivity index (χ0) is 27.4. The summed E-state index contributed by atoms with van der Waals surface area (Å²) < 4.78 is 26.4. The quantitative estimate of drug-likeness (QED) is 0.416. The van der Waals surface area contributed by atoms with Crippen LogP contribution in [0.15, 0.2) is 34.3 Å². The van der Waals surface area contributed by atoms with E-state index in [0.29, 0.717) is 49.8 Å². The maximum atomic E-state index is 13.9. The standard InChI is InChI=1S/C32H50FN3O3/c1-4-22-17-27-28(34-20-22)13-16-36(32(27)37)26-11-14-35(15-12-26)21-23-18-29(38-5-2)31(30(19-23)39-6-3)24-7-9-25(33)10-8-24/h7,22-23,25-26,29,34H,4-6,8-21H2,1-3H3/t22?,23-,25+,29+/m1/s1. The predicted octanol–water partition coefficient (Wildman–Crippen LogP) is 5.51. The third-order valence-corrected chi connectivity index (χ3v) is 9.70. The van der Waals surface area contributed by atoms with Gasteiger partial charge in [0, 0.05) is 75.1 Å². The second kappa shape index (κ2) is 13.2. The van der Waals surface area contributed by atoms with Crippen LogP contribution in [0.3, 0.4) is 0 Å². The fourth-order valence-electron chi connectivity index (χ4n) is 7.53. The van der Waals surface area contributed by atoms with Gasteiger partial charge in [-0.05, 0) is 76.2 Å². The van der Waals surface area contributed by atoms with E-state index in [1.807, 2.05) is 6.92 Å². The minimum Gasteiger partial charge on any atom is -0.498 e. The zero-order valence-corrected chi connectivity index (χ0v) is 24.5. The second-order valence-corrected chi connectivity index (χ2v) is 12.2. The van der Waals surface area contributed by atoms with Gasteiger partial charge in [-0.1, -0.05) is 19.4 Å². The topological polar surface area (TPSA) is 54.0 Å². The largest absolute Gasteiger partial charge is 0.498 e. The second-order valence-electron chi connectivity index (χ2n) is 12.2. The summed E-state index contributed by atoms with van der Waals surface area (Å²) in [4.78, 5) is 18.2. The van der Waals surface area contributed by atoms with Crippen LogP contribution in [-0.2, 0) is 14.3 Å². The summed E-state index contributed by atoms with van der Waals surface area (Å²) in [5, 5.41) is 3.56. The van der Waals surface area contributed by atoms with Crippen molar-refractivity contribution < 1.29 is 18.7 Å². The minimum atomic E-state index is -0.721. The number of halogens is 1. The van der Waals surface area contributed by atoms with Gasteiger partial charge in [0.25, 0.3) is 5.91 Å². The summed E-state index contributed by atoms with van der Waals surface area (Å²) in [6, 6.07) is 0.357. The Morgan fingerprint density at radius 1 is 1.03 bits per heavy atom. The third kappa shape index (κ3) is 6.56. The Balaban J connectivity index is 1.19. The van der Waals surface area contributed by atoms with Crippen molar-refractivity contribution in [2.75, 3.05) is 45.9 Å². The van der Waals surface area contributed by atoms with Crippen molar-refractivity contribution in [2.24, 2.45) is 11.8 Å². The van der Waals surface area contributed by atoms with Gasteiger partial charge in [0.1, 0.15) is 11.9 Å². The van der Waals surface area contributed by atoms with Gasteiger partial charge in [-0.25, -0.2) is 4.39 Å². The van der Waals surface area contributed by atoms with Gasteiger partial charge in [-0.3, -0.25) is 4.79 Å². The van der Waals surface area contributed by atoms with Crippen LogP contribution in [0.5, 0.6) is 0 Å². The molecule has 7 heteroatoms. The van der Waals surface area contributed by atoms with Gasteiger partial charge in [-0.15, -0.1) is 0 Å². The molecule has 0 radical (unpaired) electrons. The number of likely N-dealkylation sites (tertiary alicyclic amines) is 1. The molecule has 0 bridgehead atoms. The summed E-state index contributed by atoms with van der Waals surface area (Å²) in [5.74, 6) is 2.42. The molecule has 1 saturated heterocycles. The van der Waals surface area contributed by atoms with Crippen molar-refractivity contribution in [3.05, 3.63) is 34.3 Å². The summed E-state index contributed by atoms with van der Waals surface area (Å²) in [5.41, 5.74) is 4.73. The number of carbonyl (C=O) groups excluding carboxylic acids is 1. The number of hydrogen-bond donors (Lipinski definition) is 1. The molecule has 0 aromatic carbocycles. The number of alkyl halides is 1. The van der Waals surface area contributed by atoms with Crippen molar-refractivity contribution in [3.63, 3.8) is 0 Å². The Kier molecular flexibility index (Phi) is 9.70.